The molecule has 2 aromatic carbocycles. The lowest BCUT2D eigenvalue weighted by molar-refractivity contribution is -0.118. The predicted octanol–water partition coefficient (Wildman–Crippen LogP) is 5.47. The van der Waals surface area contributed by atoms with Gasteiger partial charge in [-0.25, -0.2) is 4.98 Å². The van der Waals surface area contributed by atoms with Gasteiger partial charge in [-0.2, -0.15) is 8.78 Å². The number of hydrogen-bond donors (Lipinski definition) is 1. The Morgan fingerprint density at radius 1 is 1.14 bits per heavy atom. The summed E-state index contributed by atoms with van der Waals surface area (Å²) in [5.74, 6) is -0.222. The summed E-state index contributed by atoms with van der Waals surface area (Å²) in [7, 11) is 0. The number of nitrogens with one attached hydrogen (secondary N) is 1. The van der Waals surface area contributed by atoms with Crippen LogP contribution in [0.4, 0.5) is 14.5 Å². The number of aryl methyl sites for hydroxylation is 1. The fraction of sp³-hybridized carbons (Fsp3) is 0.158. The van der Waals surface area contributed by atoms with Crippen molar-refractivity contribution in [1.82, 2.24) is 4.98 Å². The second kappa shape index (κ2) is 8.58. The quantitative estimate of drug-likeness (QED) is 0.567. The van der Waals surface area contributed by atoms with Crippen molar-refractivity contribution in [2.75, 3.05) is 11.9 Å². The van der Waals surface area contributed by atoms with E-state index in [1.54, 1.807) is 12.1 Å². The molecule has 5 nitrogen and oxygen atoms in total. The van der Waals surface area contributed by atoms with Gasteiger partial charge >= 0.3 is 6.61 Å². The van der Waals surface area contributed by atoms with Crippen LogP contribution in [0.2, 0.25) is 10.0 Å². The van der Waals surface area contributed by atoms with Crippen molar-refractivity contribution >= 4 is 45.7 Å². The Balaban J connectivity index is 1.70. The minimum Gasteiger partial charge on any atom is -0.480 e. The predicted molar refractivity (Wildman–Crippen MR) is 104 cm³/mol. The van der Waals surface area contributed by atoms with E-state index in [-0.39, 0.29) is 23.1 Å². The van der Waals surface area contributed by atoms with E-state index in [2.05, 4.69) is 15.0 Å². The van der Waals surface area contributed by atoms with Gasteiger partial charge < -0.3 is 14.8 Å². The third-order valence-corrected chi connectivity index (χ3v) is 4.28. The summed E-state index contributed by atoms with van der Waals surface area (Å²) in [5.41, 5.74) is 1.60. The van der Waals surface area contributed by atoms with Crippen LogP contribution in [0.5, 0.6) is 11.5 Å². The fourth-order valence-corrected chi connectivity index (χ4v) is 3.05. The zero-order valence-corrected chi connectivity index (χ0v) is 16.0. The maximum atomic E-state index is 12.2. The molecule has 9 heteroatoms. The van der Waals surface area contributed by atoms with Gasteiger partial charge in [0.15, 0.2) is 12.4 Å². The van der Waals surface area contributed by atoms with Gasteiger partial charge in [0.05, 0.1) is 10.0 Å². The van der Waals surface area contributed by atoms with Crippen LogP contribution >= 0.6 is 23.2 Å². The van der Waals surface area contributed by atoms with Gasteiger partial charge in [-0.3, -0.25) is 4.79 Å². The number of ether oxygens (including phenoxy) is 2. The third kappa shape index (κ3) is 4.79. The van der Waals surface area contributed by atoms with Crippen LogP contribution in [0.3, 0.4) is 0 Å². The van der Waals surface area contributed by atoms with Crippen molar-refractivity contribution < 1.29 is 23.0 Å². The molecule has 1 N–H and O–H groups in total. The molecule has 3 aromatic rings. The van der Waals surface area contributed by atoms with E-state index < -0.39 is 12.5 Å². The van der Waals surface area contributed by atoms with E-state index in [9.17, 15) is 13.6 Å². The van der Waals surface area contributed by atoms with Crippen LogP contribution in [0.15, 0.2) is 42.5 Å². The van der Waals surface area contributed by atoms with E-state index in [0.717, 1.165) is 5.69 Å². The second-order valence-corrected chi connectivity index (χ2v) is 6.57. The molecule has 3 rings (SSSR count). The molecular formula is C19H14Cl2F2N2O3. The fourth-order valence-electron chi connectivity index (χ4n) is 2.48. The summed E-state index contributed by atoms with van der Waals surface area (Å²) in [6.45, 7) is -1.43. The first kappa shape index (κ1) is 20.1. The Bertz CT molecular complexity index is 1010. The molecule has 0 unspecified atom stereocenters. The zero-order chi connectivity index (χ0) is 20.3. The van der Waals surface area contributed by atoms with Crippen LogP contribution < -0.4 is 14.8 Å². The smallest absolute Gasteiger partial charge is 0.387 e. The molecule has 28 heavy (non-hydrogen) atoms. The third-order valence-electron chi connectivity index (χ3n) is 3.69. The summed E-state index contributed by atoms with van der Waals surface area (Å²) in [6, 6.07) is 10.6. The van der Waals surface area contributed by atoms with Crippen LogP contribution in [-0.4, -0.2) is 24.1 Å². The number of anilines is 1. The number of carbonyl (C=O) groups excluding carboxylic acids is 1. The number of aromatic nitrogens is 1. The number of rotatable bonds is 6. The number of carbonyl (C=O) groups is 1. The van der Waals surface area contributed by atoms with Gasteiger partial charge in [0, 0.05) is 16.8 Å². The summed E-state index contributed by atoms with van der Waals surface area (Å²) in [6.07, 6.45) is 0. The lowest BCUT2D eigenvalue weighted by Crippen LogP contribution is -2.20. The highest BCUT2D eigenvalue weighted by Gasteiger charge is 2.15. The number of benzene rings is 2. The maximum Gasteiger partial charge on any atom is 0.387 e. The molecule has 0 radical (unpaired) electrons. The van der Waals surface area contributed by atoms with E-state index in [4.69, 9.17) is 27.9 Å². The number of fused-ring (bicyclic) bond motifs is 1. The summed E-state index contributed by atoms with van der Waals surface area (Å²) < 4.78 is 34.1. The Hall–Kier alpha value is -2.64. The molecule has 0 saturated heterocycles. The largest absolute Gasteiger partial charge is 0.480 e. The standard InChI is InChI=1S/C19H14Cl2F2N2O3/c1-10-2-7-13-14(20)8-15(21)18(17(13)24-10)27-9-16(26)25-11-3-5-12(6-4-11)28-19(22)23/h2-8,19H,9H2,1H3,(H,25,26). The molecule has 0 spiro atoms. The van der Waals surface area contributed by atoms with Gasteiger partial charge in [0.25, 0.3) is 5.91 Å². The average molecular weight is 427 g/mol. The van der Waals surface area contributed by atoms with Crippen LogP contribution in [0.1, 0.15) is 5.69 Å². The SMILES string of the molecule is Cc1ccc2c(Cl)cc(Cl)c(OCC(=O)Nc3ccc(OC(F)F)cc3)c2n1. The highest BCUT2D eigenvalue weighted by Crippen LogP contribution is 2.37. The first-order valence-electron chi connectivity index (χ1n) is 8.06. The number of hydrogen-bond acceptors (Lipinski definition) is 4. The van der Waals surface area contributed by atoms with Crippen LogP contribution in [0, 0.1) is 6.92 Å². The molecule has 0 saturated carbocycles. The normalized spacial score (nSPS) is 10.9. The van der Waals surface area contributed by atoms with Crippen LogP contribution in [0.25, 0.3) is 10.9 Å². The van der Waals surface area contributed by atoms with Crippen molar-refractivity contribution in [2.45, 2.75) is 13.5 Å². The Kier molecular flexibility index (Phi) is 6.16. The topological polar surface area (TPSA) is 60.5 Å². The van der Waals surface area contributed by atoms with Gasteiger partial charge in [-0.05, 0) is 49.4 Å². The number of alkyl halides is 2. The molecule has 0 aliphatic carbocycles. The van der Waals surface area contributed by atoms with Crippen molar-refractivity contribution in [3.8, 4) is 11.5 Å². The van der Waals surface area contributed by atoms with Crippen molar-refractivity contribution in [1.29, 1.82) is 0 Å². The molecule has 0 bridgehead atoms. The average Bonchev–Trinajstić information content (AvgIpc) is 2.62. The Morgan fingerprint density at radius 2 is 1.86 bits per heavy atom. The zero-order valence-electron chi connectivity index (χ0n) is 14.5. The molecule has 0 aliphatic rings. The van der Waals surface area contributed by atoms with Gasteiger partial charge in [0.1, 0.15) is 11.3 Å². The molecule has 0 atom stereocenters. The lowest BCUT2D eigenvalue weighted by atomic mass is 10.2. The van der Waals surface area contributed by atoms with E-state index in [1.165, 1.54) is 30.3 Å². The summed E-state index contributed by atoms with van der Waals surface area (Å²) >= 11 is 12.4. The lowest BCUT2D eigenvalue weighted by Gasteiger charge is -2.12. The van der Waals surface area contributed by atoms with E-state index in [0.29, 0.717) is 21.6 Å². The summed E-state index contributed by atoms with van der Waals surface area (Å²) in [4.78, 5) is 16.5. The molecule has 146 valence electrons. The second-order valence-electron chi connectivity index (χ2n) is 5.76. The minimum absolute atomic E-state index is 0.00916. The molecule has 0 aliphatic heterocycles. The van der Waals surface area contributed by atoms with Gasteiger partial charge in [-0.1, -0.05) is 23.2 Å². The number of amides is 1. The Morgan fingerprint density at radius 3 is 2.54 bits per heavy atom. The van der Waals surface area contributed by atoms with Gasteiger partial charge in [-0.15, -0.1) is 0 Å². The monoisotopic (exact) mass is 426 g/mol. The minimum atomic E-state index is -2.91. The Labute approximate surface area is 169 Å². The number of pyridine rings is 1. The van der Waals surface area contributed by atoms with Crippen LogP contribution in [-0.2, 0) is 4.79 Å². The highest BCUT2D eigenvalue weighted by molar-refractivity contribution is 6.39. The van der Waals surface area contributed by atoms with Gasteiger partial charge in [0.2, 0.25) is 0 Å². The van der Waals surface area contributed by atoms with E-state index in [1.807, 2.05) is 6.92 Å². The van der Waals surface area contributed by atoms with Crippen molar-refractivity contribution in [3.05, 3.63) is 58.2 Å². The number of halogens is 4. The first-order valence-corrected chi connectivity index (χ1v) is 8.82. The molecule has 1 aromatic heterocycles. The van der Waals surface area contributed by atoms with Crippen molar-refractivity contribution in [2.24, 2.45) is 0 Å². The molecular weight excluding hydrogens is 413 g/mol. The first-order chi connectivity index (χ1) is 13.3. The molecule has 0 fully saturated rings. The summed E-state index contributed by atoms with van der Waals surface area (Å²) in [5, 5.41) is 3.90. The maximum absolute atomic E-state index is 12.2. The van der Waals surface area contributed by atoms with E-state index >= 15 is 0 Å². The van der Waals surface area contributed by atoms with Crippen molar-refractivity contribution in [3.63, 3.8) is 0 Å². The molecule has 1 amide bonds. The highest BCUT2D eigenvalue weighted by atomic mass is 35.5. The number of nitrogens with zero attached hydrogens (tertiary/aromatic N) is 1. The molecule has 1 heterocycles.